The van der Waals surface area contributed by atoms with Gasteiger partial charge in [-0.25, -0.2) is 4.98 Å². The number of rotatable bonds is 6. The van der Waals surface area contributed by atoms with Gasteiger partial charge in [0, 0.05) is 30.4 Å². The van der Waals surface area contributed by atoms with E-state index in [4.69, 9.17) is 5.11 Å². The van der Waals surface area contributed by atoms with E-state index in [9.17, 15) is 5.11 Å². The van der Waals surface area contributed by atoms with Crippen molar-refractivity contribution in [2.24, 2.45) is 0 Å². The molecular formula is C14H19N3O2. The van der Waals surface area contributed by atoms with Crippen LogP contribution in [0.1, 0.15) is 18.4 Å². The van der Waals surface area contributed by atoms with Crippen molar-refractivity contribution >= 4 is 11.0 Å². The predicted octanol–water partition coefficient (Wildman–Crippen LogP) is 0.641. The second-order valence-electron chi connectivity index (χ2n) is 5.17. The fourth-order valence-electron chi connectivity index (χ4n) is 2.30. The van der Waals surface area contributed by atoms with Crippen LogP contribution in [-0.4, -0.2) is 38.5 Å². The third-order valence-corrected chi connectivity index (χ3v) is 3.49. The summed E-state index contributed by atoms with van der Waals surface area (Å²) in [5, 5.41) is 23.2. The normalized spacial score (nSPS) is 16.9. The molecule has 1 unspecified atom stereocenters. The van der Waals surface area contributed by atoms with E-state index in [-0.39, 0.29) is 6.61 Å². The van der Waals surface area contributed by atoms with E-state index in [1.807, 2.05) is 22.9 Å². The molecule has 5 heteroatoms. The van der Waals surface area contributed by atoms with E-state index in [1.165, 1.54) is 18.4 Å². The zero-order chi connectivity index (χ0) is 13.2. The van der Waals surface area contributed by atoms with Crippen molar-refractivity contribution in [3.8, 4) is 0 Å². The highest BCUT2D eigenvalue weighted by Crippen LogP contribution is 2.23. The fraction of sp³-hybridized carbons (Fsp3) is 0.500. The molecule has 1 aliphatic rings. The Labute approximate surface area is 111 Å². The number of hydrogen-bond acceptors (Lipinski definition) is 4. The van der Waals surface area contributed by atoms with Crippen LogP contribution >= 0.6 is 0 Å². The summed E-state index contributed by atoms with van der Waals surface area (Å²) >= 11 is 0. The van der Waals surface area contributed by atoms with Gasteiger partial charge in [-0.3, -0.25) is 0 Å². The number of pyridine rings is 1. The molecule has 5 nitrogen and oxygen atoms in total. The van der Waals surface area contributed by atoms with E-state index >= 15 is 0 Å². The zero-order valence-electron chi connectivity index (χ0n) is 10.8. The van der Waals surface area contributed by atoms with E-state index in [0.717, 1.165) is 17.6 Å². The van der Waals surface area contributed by atoms with Crippen LogP contribution in [0.15, 0.2) is 24.5 Å². The number of aromatic nitrogens is 2. The number of nitrogens with one attached hydrogen (secondary N) is 1. The monoisotopic (exact) mass is 261 g/mol. The summed E-state index contributed by atoms with van der Waals surface area (Å²) in [4.78, 5) is 4.37. The second kappa shape index (κ2) is 5.28. The molecule has 102 valence electrons. The Bertz CT molecular complexity index is 563. The van der Waals surface area contributed by atoms with Gasteiger partial charge in [-0.2, -0.15) is 0 Å². The number of aliphatic hydroxyl groups is 2. The summed E-state index contributed by atoms with van der Waals surface area (Å²) in [7, 11) is 0. The van der Waals surface area contributed by atoms with Gasteiger partial charge in [-0.15, -0.1) is 0 Å². The van der Waals surface area contributed by atoms with Crippen LogP contribution < -0.4 is 5.32 Å². The molecule has 0 aromatic carbocycles. The van der Waals surface area contributed by atoms with Crippen molar-refractivity contribution < 1.29 is 10.2 Å². The lowest BCUT2D eigenvalue weighted by molar-refractivity contribution is 0.0821. The third-order valence-electron chi connectivity index (χ3n) is 3.49. The third kappa shape index (κ3) is 2.78. The first-order valence-electron chi connectivity index (χ1n) is 6.73. The molecule has 2 aromatic rings. The molecule has 2 aromatic heterocycles. The van der Waals surface area contributed by atoms with Crippen molar-refractivity contribution in [2.45, 2.75) is 38.1 Å². The molecule has 0 bridgehead atoms. The smallest absolute Gasteiger partial charge is 0.140 e. The predicted molar refractivity (Wildman–Crippen MR) is 72.7 cm³/mol. The summed E-state index contributed by atoms with van der Waals surface area (Å²) in [5.41, 5.74) is 2.06. The summed E-state index contributed by atoms with van der Waals surface area (Å²) < 4.78 is 1.92. The topological polar surface area (TPSA) is 70.3 Å². The molecule has 1 saturated carbocycles. The summed E-state index contributed by atoms with van der Waals surface area (Å²) in [6.07, 6.45) is 5.55. The highest BCUT2D eigenvalue weighted by Gasteiger charge is 2.21. The van der Waals surface area contributed by atoms with Gasteiger partial charge in [-0.1, -0.05) is 0 Å². The lowest BCUT2D eigenvalue weighted by Gasteiger charge is -2.08. The van der Waals surface area contributed by atoms with E-state index < -0.39 is 6.10 Å². The molecule has 2 heterocycles. The maximum absolute atomic E-state index is 9.59. The molecule has 0 amide bonds. The Kier molecular flexibility index (Phi) is 3.50. The minimum Gasteiger partial charge on any atom is -0.394 e. The number of aliphatic hydroxyl groups excluding tert-OH is 2. The lowest BCUT2D eigenvalue weighted by atomic mass is 10.2. The fourth-order valence-corrected chi connectivity index (χ4v) is 2.30. The van der Waals surface area contributed by atoms with Crippen molar-refractivity contribution in [1.82, 2.24) is 14.9 Å². The maximum atomic E-state index is 9.59. The van der Waals surface area contributed by atoms with E-state index in [2.05, 4.69) is 10.3 Å². The summed E-state index contributed by atoms with van der Waals surface area (Å²) in [6.45, 7) is 0.963. The van der Waals surface area contributed by atoms with E-state index in [0.29, 0.717) is 12.6 Å². The molecular weight excluding hydrogens is 242 g/mol. The average molecular weight is 261 g/mol. The Morgan fingerprint density at radius 3 is 3.05 bits per heavy atom. The van der Waals surface area contributed by atoms with Crippen LogP contribution in [0.2, 0.25) is 0 Å². The van der Waals surface area contributed by atoms with Gasteiger partial charge in [0.05, 0.1) is 19.3 Å². The molecule has 3 N–H and O–H groups in total. The highest BCUT2D eigenvalue weighted by molar-refractivity contribution is 5.80. The van der Waals surface area contributed by atoms with Crippen LogP contribution in [-0.2, 0) is 13.1 Å². The van der Waals surface area contributed by atoms with Gasteiger partial charge in [0.2, 0.25) is 0 Å². The van der Waals surface area contributed by atoms with Crippen LogP contribution in [0.5, 0.6) is 0 Å². The van der Waals surface area contributed by atoms with Crippen LogP contribution in [0, 0.1) is 0 Å². The molecule has 1 atom stereocenters. The van der Waals surface area contributed by atoms with Gasteiger partial charge in [0.1, 0.15) is 5.65 Å². The number of nitrogens with zero attached hydrogens (tertiary/aromatic N) is 2. The lowest BCUT2D eigenvalue weighted by Crippen LogP contribution is -2.19. The van der Waals surface area contributed by atoms with Crippen molar-refractivity contribution in [2.75, 3.05) is 6.61 Å². The highest BCUT2D eigenvalue weighted by atomic mass is 16.3. The SMILES string of the molecule is OCC(O)Cn1cc(CNC2CC2)c2cccnc21. The van der Waals surface area contributed by atoms with Gasteiger partial charge >= 0.3 is 0 Å². The Morgan fingerprint density at radius 2 is 2.32 bits per heavy atom. The molecule has 3 rings (SSSR count). The van der Waals surface area contributed by atoms with E-state index in [1.54, 1.807) is 6.20 Å². The summed E-state index contributed by atoms with van der Waals surface area (Å²) in [5.74, 6) is 0. The van der Waals surface area contributed by atoms with Crippen LogP contribution in [0.25, 0.3) is 11.0 Å². The first kappa shape index (κ1) is 12.6. The van der Waals surface area contributed by atoms with Gasteiger partial charge in [0.15, 0.2) is 0 Å². The molecule has 19 heavy (non-hydrogen) atoms. The molecule has 0 aliphatic heterocycles. The number of fused-ring (bicyclic) bond motifs is 1. The zero-order valence-corrected chi connectivity index (χ0v) is 10.8. The summed E-state index contributed by atoms with van der Waals surface area (Å²) in [6, 6.07) is 4.64. The average Bonchev–Trinajstić information content (AvgIpc) is 3.20. The van der Waals surface area contributed by atoms with Gasteiger partial charge in [0.25, 0.3) is 0 Å². The Balaban J connectivity index is 1.87. The van der Waals surface area contributed by atoms with Crippen molar-refractivity contribution in [3.63, 3.8) is 0 Å². The first-order chi connectivity index (χ1) is 9.28. The maximum Gasteiger partial charge on any atom is 0.140 e. The first-order valence-corrected chi connectivity index (χ1v) is 6.73. The second-order valence-corrected chi connectivity index (χ2v) is 5.17. The molecule has 1 aliphatic carbocycles. The quantitative estimate of drug-likeness (QED) is 0.714. The standard InChI is InChI=1S/C14H19N3O2/c18-9-12(19)8-17-7-10(6-16-11-3-4-11)13-2-1-5-15-14(13)17/h1-2,5,7,11-12,16,18-19H,3-4,6,8-9H2. The largest absolute Gasteiger partial charge is 0.394 e. The van der Waals surface area contributed by atoms with Crippen molar-refractivity contribution in [3.05, 3.63) is 30.1 Å². The van der Waals surface area contributed by atoms with Gasteiger partial charge in [-0.05, 0) is 30.5 Å². The molecule has 0 saturated heterocycles. The molecule has 0 radical (unpaired) electrons. The minimum atomic E-state index is -0.748. The Hall–Kier alpha value is -1.43. The minimum absolute atomic E-state index is 0.234. The van der Waals surface area contributed by atoms with Crippen LogP contribution in [0.3, 0.4) is 0 Å². The molecule has 1 fully saturated rings. The van der Waals surface area contributed by atoms with Gasteiger partial charge < -0.3 is 20.1 Å². The molecule has 0 spiro atoms. The van der Waals surface area contributed by atoms with Crippen LogP contribution in [0.4, 0.5) is 0 Å². The number of hydrogen-bond donors (Lipinski definition) is 3. The van der Waals surface area contributed by atoms with Crippen molar-refractivity contribution in [1.29, 1.82) is 0 Å². The Morgan fingerprint density at radius 1 is 1.47 bits per heavy atom.